The fraction of sp³-hybridized carbons (Fsp3) is 0.429. The number of benzene rings is 1. The number of hydrogen-bond donors (Lipinski definition) is 1. The molecule has 0 radical (unpaired) electrons. The highest BCUT2D eigenvalue weighted by Gasteiger charge is 2.55. The Kier molecular flexibility index (Phi) is 5.39. The predicted molar refractivity (Wildman–Crippen MR) is 144 cm³/mol. The van der Waals surface area contributed by atoms with Crippen LogP contribution in [0.5, 0.6) is 0 Å². The van der Waals surface area contributed by atoms with Crippen molar-refractivity contribution in [2.45, 2.75) is 59.1 Å². The van der Waals surface area contributed by atoms with Gasteiger partial charge in [-0.2, -0.15) is 10.2 Å². The standard InChI is InChI=1S/C28H31ClN6O2/c1-16-10-21-19(13-31-32-21)23(24(16)29)22-17(2)35(33-25(22)20-8-6-7-9-30-20)18-11-28(12-18)14-34(15-28)26(36)37-27(3,4)5/h6-10,13,18H,11-12,14-15H2,1-5H3,(H,31,32). The van der Waals surface area contributed by atoms with Crippen LogP contribution in [0.4, 0.5) is 4.79 Å². The van der Waals surface area contributed by atoms with Crippen molar-refractivity contribution >= 4 is 28.6 Å². The van der Waals surface area contributed by atoms with Gasteiger partial charge in [0, 0.05) is 46.9 Å². The van der Waals surface area contributed by atoms with E-state index in [1.807, 2.05) is 63.1 Å². The highest BCUT2D eigenvalue weighted by Crippen LogP contribution is 2.55. The van der Waals surface area contributed by atoms with Gasteiger partial charge in [0.05, 0.1) is 28.5 Å². The van der Waals surface area contributed by atoms with Crippen LogP contribution in [0.3, 0.4) is 0 Å². The summed E-state index contributed by atoms with van der Waals surface area (Å²) in [5.74, 6) is 0. The van der Waals surface area contributed by atoms with Gasteiger partial charge < -0.3 is 9.64 Å². The molecule has 2 fully saturated rings. The second-order valence-corrected chi connectivity index (χ2v) is 12.0. The Bertz CT molecular complexity index is 1500. The first-order valence-electron chi connectivity index (χ1n) is 12.7. The number of carbonyl (C=O) groups is 1. The molecule has 6 rings (SSSR count). The average Bonchev–Trinajstić information content (AvgIpc) is 3.37. The van der Waals surface area contributed by atoms with Gasteiger partial charge >= 0.3 is 6.09 Å². The number of pyridine rings is 1. The summed E-state index contributed by atoms with van der Waals surface area (Å²) in [5, 5.41) is 14.2. The molecular formula is C28H31ClN6O2. The van der Waals surface area contributed by atoms with Gasteiger partial charge in [-0.1, -0.05) is 17.7 Å². The predicted octanol–water partition coefficient (Wildman–Crippen LogP) is 6.33. The minimum Gasteiger partial charge on any atom is -0.444 e. The lowest BCUT2D eigenvalue weighted by molar-refractivity contribution is -0.0930. The maximum atomic E-state index is 12.4. The molecule has 0 atom stereocenters. The average molecular weight is 519 g/mol. The molecule has 4 heterocycles. The summed E-state index contributed by atoms with van der Waals surface area (Å²) >= 11 is 6.95. The summed E-state index contributed by atoms with van der Waals surface area (Å²) in [6, 6.07) is 8.14. The number of nitrogens with one attached hydrogen (secondary N) is 1. The van der Waals surface area contributed by atoms with E-state index in [9.17, 15) is 4.79 Å². The number of aromatic amines is 1. The molecule has 9 heteroatoms. The third-order valence-electron chi connectivity index (χ3n) is 7.56. The van der Waals surface area contributed by atoms with Gasteiger partial charge in [-0.05, 0) is 71.2 Å². The Morgan fingerprint density at radius 1 is 1.19 bits per heavy atom. The summed E-state index contributed by atoms with van der Waals surface area (Å²) in [6.45, 7) is 11.3. The van der Waals surface area contributed by atoms with Crippen LogP contribution >= 0.6 is 11.6 Å². The third-order valence-corrected chi connectivity index (χ3v) is 8.05. The van der Waals surface area contributed by atoms with Crippen LogP contribution < -0.4 is 0 Å². The van der Waals surface area contributed by atoms with Crippen LogP contribution in [-0.4, -0.2) is 54.6 Å². The highest BCUT2D eigenvalue weighted by atomic mass is 35.5. The maximum absolute atomic E-state index is 12.4. The monoisotopic (exact) mass is 518 g/mol. The molecule has 1 saturated heterocycles. The van der Waals surface area contributed by atoms with Gasteiger partial charge in [0.25, 0.3) is 0 Å². The minimum absolute atomic E-state index is 0.143. The molecule has 2 aliphatic rings. The number of aromatic nitrogens is 5. The fourth-order valence-electron chi connectivity index (χ4n) is 5.89. The molecular weight excluding hydrogens is 488 g/mol. The normalized spacial score (nSPS) is 17.2. The molecule has 8 nitrogen and oxygen atoms in total. The maximum Gasteiger partial charge on any atom is 0.410 e. The van der Waals surface area contributed by atoms with E-state index >= 15 is 0 Å². The number of nitrogens with zero attached hydrogens (tertiary/aromatic N) is 5. The van der Waals surface area contributed by atoms with Crippen molar-refractivity contribution in [1.29, 1.82) is 0 Å². The van der Waals surface area contributed by atoms with Crippen LogP contribution in [0.2, 0.25) is 5.02 Å². The number of amides is 1. The van der Waals surface area contributed by atoms with Crippen molar-refractivity contribution in [3.63, 3.8) is 0 Å². The molecule has 0 bridgehead atoms. The van der Waals surface area contributed by atoms with E-state index in [4.69, 9.17) is 21.4 Å². The van der Waals surface area contributed by atoms with E-state index in [2.05, 4.69) is 26.8 Å². The van der Waals surface area contributed by atoms with Crippen molar-refractivity contribution in [1.82, 2.24) is 29.9 Å². The number of rotatable bonds is 3. The number of carbonyl (C=O) groups excluding carboxylic acids is 1. The minimum atomic E-state index is -0.482. The Hall–Kier alpha value is -3.39. The van der Waals surface area contributed by atoms with Crippen molar-refractivity contribution in [2.75, 3.05) is 13.1 Å². The second-order valence-electron chi connectivity index (χ2n) is 11.6. The molecule has 1 aromatic carbocycles. The quantitative estimate of drug-likeness (QED) is 0.342. The van der Waals surface area contributed by atoms with Crippen molar-refractivity contribution in [2.24, 2.45) is 5.41 Å². The summed E-state index contributed by atoms with van der Waals surface area (Å²) in [4.78, 5) is 18.9. The van der Waals surface area contributed by atoms with E-state index in [0.29, 0.717) is 5.02 Å². The van der Waals surface area contributed by atoms with Crippen LogP contribution in [0.1, 0.15) is 50.9 Å². The lowest BCUT2D eigenvalue weighted by atomic mass is 9.61. The first-order chi connectivity index (χ1) is 17.6. The molecule has 1 aliphatic heterocycles. The second kappa shape index (κ2) is 8.31. The smallest absolute Gasteiger partial charge is 0.410 e. The van der Waals surface area contributed by atoms with Gasteiger partial charge in [-0.3, -0.25) is 14.8 Å². The Morgan fingerprint density at radius 3 is 2.62 bits per heavy atom. The highest BCUT2D eigenvalue weighted by molar-refractivity contribution is 6.36. The fourth-order valence-corrected chi connectivity index (χ4v) is 6.14. The number of H-pyrrole nitrogens is 1. The summed E-state index contributed by atoms with van der Waals surface area (Å²) in [7, 11) is 0. The zero-order valence-corrected chi connectivity index (χ0v) is 22.6. The molecule has 1 amide bonds. The summed E-state index contributed by atoms with van der Waals surface area (Å²) in [5.41, 5.74) is 6.18. The van der Waals surface area contributed by atoms with Crippen LogP contribution in [-0.2, 0) is 4.74 Å². The molecule has 1 spiro atoms. The Labute approximate surface area is 221 Å². The van der Waals surface area contributed by atoms with E-state index < -0.39 is 5.60 Å². The van der Waals surface area contributed by atoms with Crippen LogP contribution in [0.15, 0.2) is 36.7 Å². The van der Waals surface area contributed by atoms with Crippen molar-refractivity contribution < 1.29 is 9.53 Å². The molecule has 3 aromatic heterocycles. The molecule has 37 heavy (non-hydrogen) atoms. The van der Waals surface area contributed by atoms with Crippen molar-refractivity contribution in [3.05, 3.63) is 52.9 Å². The number of likely N-dealkylation sites (tertiary alicyclic amines) is 1. The third kappa shape index (κ3) is 3.98. The molecule has 1 N–H and O–H groups in total. The number of fused-ring (bicyclic) bond motifs is 1. The Balaban J connectivity index is 1.34. The lowest BCUT2D eigenvalue weighted by Gasteiger charge is -2.58. The number of hydrogen-bond acceptors (Lipinski definition) is 5. The van der Waals surface area contributed by atoms with Crippen molar-refractivity contribution in [3.8, 4) is 22.5 Å². The van der Waals surface area contributed by atoms with Crippen LogP contribution in [0.25, 0.3) is 33.4 Å². The number of aryl methyl sites for hydroxylation is 1. The van der Waals surface area contributed by atoms with E-state index in [1.165, 1.54) is 0 Å². The number of ether oxygens (including phenoxy) is 1. The van der Waals surface area contributed by atoms with E-state index in [1.54, 1.807) is 6.20 Å². The zero-order valence-electron chi connectivity index (χ0n) is 21.8. The first kappa shape index (κ1) is 24.0. The first-order valence-corrected chi connectivity index (χ1v) is 13.0. The molecule has 0 unspecified atom stereocenters. The molecule has 4 aromatic rings. The zero-order chi connectivity index (χ0) is 26.1. The van der Waals surface area contributed by atoms with E-state index in [0.717, 1.165) is 70.6 Å². The number of halogens is 1. The van der Waals surface area contributed by atoms with Gasteiger partial charge in [0.15, 0.2) is 0 Å². The lowest BCUT2D eigenvalue weighted by Crippen LogP contribution is -2.64. The van der Waals surface area contributed by atoms with Crippen LogP contribution in [0, 0.1) is 19.3 Å². The topological polar surface area (TPSA) is 88.9 Å². The van der Waals surface area contributed by atoms with Gasteiger partial charge in [-0.25, -0.2) is 4.79 Å². The molecule has 1 saturated carbocycles. The molecule has 192 valence electrons. The Morgan fingerprint density at radius 2 is 1.95 bits per heavy atom. The summed E-state index contributed by atoms with van der Waals surface area (Å²) in [6.07, 6.45) is 5.33. The van der Waals surface area contributed by atoms with Gasteiger partial charge in [0.2, 0.25) is 0 Å². The van der Waals surface area contributed by atoms with E-state index in [-0.39, 0.29) is 17.6 Å². The van der Waals surface area contributed by atoms with Gasteiger partial charge in [0.1, 0.15) is 11.3 Å². The van der Waals surface area contributed by atoms with Gasteiger partial charge in [-0.15, -0.1) is 0 Å². The SMILES string of the molecule is Cc1cc2[nH]ncc2c(-c2c(-c3ccccn3)nn(C3CC4(C3)CN(C(=O)OC(C)(C)C)C4)c2C)c1Cl. The molecule has 1 aliphatic carbocycles. The largest absolute Gasteiger partial charge is 0.444 e. The summed E-state index contributed by atoms with van der Waals surface area (Å²) < 4.78 is 7.69.